The minimum Gasteiger partial charge on any atom is -0.366 e. The van der Waals surface area contributed by atoms with Gasteiger partial charge < -0.3 is 9.88 Å². The summed E-state index contributed by atoms with van der Waals surface area (Å²) in [7, 11) is 0. The number of rotatable bonds is 2. The summed E-state index contributed by atoms with van der Waals surface area (Å²) in [5, 5.41) is 13.6. The largest absolute Gasteiger partial charge is 0.366 e. The van der Waals surface area contributed by atoms with Crippen molar-refractivity contribution in [3.8, 4) is 6.07 Å². The molecule has 0 spiro atoms. The van der Waals surface area contributed by atoms with Gasteiger partial charge in [0.1, 0.15) is 29.8 Å². The van der Waals surface area contributed by atoms with Crippen LogP contribution in [-0.2, 0) is 0 Å². The fraction of sp³-hybridized carbons (Fsp3) is 0.267. The number of nitrogens with zero attached hydrogens (tertiary/aromatic N) is 6. The predicted octanol–water partition coefficient (Wildman–Crippen LogP) is 0.838. The van der Waals surface area contributed by atoms with E-state index in [9.17, 15) is 10.1 Å². The SMILES string of the molecule is N#Cc1c(N2CC[C@H](n3cncn3)C2)c2ncccc2[nH]c1=O. The highest BCUT2D eigenvalue weighted by molar-refractivity contribution is 5.91. The van der Waals surface area contributed by atoms with E-state index in [0.717, 1.165) is 13.0 Å². The van der Waals surface area contributed by atoms with Crippen LogP contribution in [0.25, 0.3) is 11.0 Å². The van der Waals surface area contributed by atoms with Crippen molar-refractivity contribution in [1.82, 2.24) is 24.7 Å². The van der Waals surface area contributed by atoms with Crippen molar-refractivity contribution in [1.29, 1.82) is 5.26 Å². The smallest absolute Gasteiger partial charge is 0.268 e. The molecule has 23 heavy (non-hydrogen) atoms. The van der Waals surface area contributed by atoms with Gasteiger partial charge in [-0.1, -0.05) is 0 Å². The molecule has 0 amide bonds. The summed E-state index contributed by atoms with van der Waals surface area (Å²) in [6.45, 7) is 1.39. The zero-order valence-electron chi connectivity index (χ0n) is 12.2. The highest BCUT2D eigenvalue weighted by Gasteiger charge is 2.29. The number of pyridine rings is 2. The molecule has 1 saturated heterocycles. The molecule has 3 aromatic heterocycles. The standard InChI is InChI=1S/C15H13N7O/c16-6-11-14(13-12(20-15(11)23)2-1-4-18-13)21-5-3-10(7-21)22-9-17-8-19-22/h1-2,4,8-10H,3,5,7H2,(H,20,23)/t10-/m0/s1. The molecule has 0 bridgehead atoms. The fourth-order valence-corrected chi connectivity index (χ4v) is 3.08. The van der Waals surface area contributed by atoms with Crippen molar-refractivity contribution in [2.24, 2.45) is 0 Å². The van der Waals surface area contributed by atoms with E-state index in [0.29, 0.717) is 23.3 Å². The summed E-state index contributed by atoms with van der Waals surface area (Å²) in [4.78, 5) is 25.3. The average molecular weight is 307 g/mol. The van der Waals surface area contributed by atoms with E-state index < -0.39 is 0 Å². The Bertz CT molecular complexity index is 954. The van der Waals surface area contributed by atoms with Crippen molar-refractivity contribution in [3.05, 3.63) is 46.9 Å². The van der Waals surface area contributed by atoms with Gasteiger partial charge in [-0.05, 0) is 18.6 Å². The molecule has 1 aliphatic rings. The Morgan fingerprint density at radius 3 is 3.13 bits per heavy atom. The molecule has 1 N–H and O–H groups in total. The second-order valence-corrected chi connectivity index (χ2v) is 5.45. The van der Waals surface area contributed by atoms with Crippen molar-refractivity contribution in [2.75, 3.05) is 18.0 Å². The zero-order valence-corrected chi connectivity index (χ0v) is 12.2. The molecule has 1 fully saturated rings. The molecule has 4 rings (SSSR count). The van der Waals surface area contributed by atoms with E-state index in [2.05, 4.69) is 20.1 Å². The van der Waals surface area contributed by atoms with Crippen LogP contribution >= 0.6 is 0 Å². The maximum atomic E-state index is 12.2. The molecular formula is C15H13N7O. The van der Waals surface area contributed by atoms with Gasteiger partial charge in [0.2, 0.25) is 0 Å². The molecule has 3 aromatic rings. The Labute approximate surface area is 131 Å². The van der Waals surface area contributed by atoms with Gasteiger partial charge in [-0.2, -0.15) is 10.4 Å². The minimum atomic E-state index is -0.382. The van der Waals surface area contributed by atoms with Gasteiger partial charge >= 0.3 is 0 Å². The van der Waals surface area contributed by atoms with Crippen LogP contribution in [0.3, 0.4) is 0 Å². The Kier molecular flexibility index (Phi) is 3.05. The summed E-state index contributed by atoms with van der Waals surface area (Å²) >= 11 is 0. The first-order valence-electron chi connectivity index (χ1n) is 7.28. The first-order valence-corrected chi connectivity index (χ1v) is 7.28. The number of nitrogens with one attached hydrogen (secondary N) is 1. The fourth-order valence-electron chi connectivity index (χ4n) is 3.08. The van der Waals surface area contributed by atoms with Crippen LogP contribution in [0.4, 0.5) is 5.69 Å². The molecule has 114 valence electrons. The van der Waals surface area contributed by atoms with Gasteiger partial charge in [-0.25, -0.2) is 9.67 Å². The van der Waals surface area contributed by atoms with E-state index in [-0.39, 0.29) is 17.2 Å². The van der Waals surface area contributed by atoms with Crippen LogP contribution < -0.4 is 10.5 Å². The topological polar surface area (TPSA) is 103 Å². The lowest BCUT2D eigenvalue weighted by Crippen LogP contribution is -2.26. The third-order valence-electron chi connectivity index (χ3n) is 4.15. The quantitative estimate of drug-likeness (QED) is 0.752. The van der Waals surface area contributed by atoms with Gasteiger partial charge in [0.05, 0.1) is 17.2 Å². The molecule has 4 heterocycles. The summed E-state index contributed by atoms with van der Waals surface area (Å²) in [6, 6.07) is 5.74. The van der Waals surface area contributed by atoms with E-state index in [1.165, 1.54) is 6.33 Å². The monoisotopic (exact) mass is 307 g/mol. The number of hydrogen-bond donors (Lipinski definition) is 1. The highest BCUT2D eigenvalue weighted by Crippen LogP contribution is 2.31. The number of fused-ring (bicyclic) bond motifs is 1. The molecule has 1 atom stereocenters. The summed E-state index contributed by atoms with van der Waals surface area (Å²) in [5.74, 6) is 0. The summed E-state index contributed by atoms with van der Waals surface area (Å²) in [6.07, 6.45) is 5.73. The number of aromatic nitrogens is 5. The van der Waals surface area contributed by atoms with Crippen LogP contribution in [0, 0.1) is 11.3 Å². The average Bonchev–Trinajstić information content (AvgIpc) is 3.24. The van der Waals surface area contributed by atoms with Crippen LogP contribution in [0.2, 0.25) is 0 Å². The number of nitriles is 1. The second kappa shape index (κ2) is 5.21. The van der Waals surface area contributed by atoms with Crippen LogP contribution in [0.1, 0.15) is 18.0 Å². The number of H-pyrrole nitrogens is 1. The molecular weight excluding hydrogens is 294 g/mol. The predicted molar refractivity (Wildman–Crippen MR) is 83.0 cm³/mol. The third-order valence-corrected chi connectivity index (χ3v) is 4.15. The Balaban J connectivity index is 1.83. The van der Waals surface area contributed by atoms with Crippen molar-refractivity contribution in [3.63, 3.8) is 0 Å². The molecule has 8 nitrogen and oxygen atoms in total. The summed E-state index contributed by atoms with van der Waals surface area (Å²) < 4.78 is 1.81. The van der Waals surface area contributed by atoms with E-state index in [1.54, 1.807) is 24.7 Å². The minimum absolute atomic E-state index is 0.107. The van der Waals surface area contributed by atoms with Crippen molar-refractivity contribution in [2.45, 2.75) is 12.5 Å². The molecule has 0 aromatic carbocycles. The van der Waals surface area contributed by atoms with Gasteiger partial charge in [-0.3, -0.25) is 9.78 Å². The van der Waals surface area contributed by atoms with E-state index in [4.69, 9.17) is 0 Å². The molecule has 8 heteroatoms. The first-order chi connectivity index (χ1) is 11.3. The zero-order chi connectivity index (χ0) is 15.8. The Morgan fingerprint density at radius 2 is 2.35 bits per heavy atom. The van der Waals surface area contributed by atoms with Gasteiger partial charge in [0.15, 0.2) is 0 Å². The number of anilines is 1. The van der Waals surface area contributed by atoms with Crippen LogP contribution in [0.5, 0.6) is 0 Å². The van der Waals surface area contributed by atoms with Crippen LogP contribution in [0.15, 0.2) is 35.8 Å². The summed E-state index contributed by atoms with van der Waals surface area (Å²) in [5.41, 5.74) is 1.61. The molecule has 0 unspecified atom stereocenters. The van der Waals surface area contributed by atoms with Crippen molar-refractivity contribution < 1.29 is 0 Å². The lowest BCUT2D eigenvalue weighted by atomic mass is 10.1. The van der Waals surface area contributed by atoms with E-state index >= 15 is 0 Å². The highest BCUT2D eigenvalue weighted by atomic mass is 16.1. The van der Waals surface area contributed by atoms with Crippen molar-refractivity contribution >= 4 is 16.7 Å². The maximum Gasteiger partial charge on any atom is 0.268 e. The first kappa shape index (κ1) is 13.5. The second-order valence-electron chi connectivity index (χ2n) is 5.45. The number of hydrogen-bond acceptors (Lipinski definition) is 6. The Morgan fingerprint density at radius 1 is 1.43 bits per heavy atom. The van der Waals surface area contributed by atoms with Gasteiger partial charge in [-0.15, -0.1) is 0 Å². The molecule has 0 aliphatic carbocycles. The van der Waals surface area contributed by atoms with Gasteiger partial charge in [0, 0.05) is 19.3 Å². The molecule has 1 aliphatic heterocycles. The lowest BCUT2D eigenvalue weighted by Gasteiger charge is -2.20. The van der Waals surface area contributed by atoms with E-state index in [1.807, 2.05) is 15.7 Å². The lowest BCUT2D eigenvalue weighted by molar-refractivity contribution is 0.493. The maximum absolute atomic E-state index is 12.2. The normalized spacial score (nSPS) is 17.5. The molecule has 0 radical (unpaired) electrons. The third kappa shape index (κ3) is 2.14. The Hall–Kier alpha value is -3.21. The van der Waals surface area contributed by atoms with Gasteiger partial charge in [0.25, 0.3) is 5.56 Å². The molecule has 0 saturated carbocycles. The number of aromatic amines is 1. The van der Waals surface area contributed by atoms with Crippen LogP contribution in [-0.4, -0.2) is 37.8 Å².